The zero-order valence-corrected chi connectivity index (χ0v) is 11.9. The van der Waals surface area contributed by atoms with Gasteiger partial charge in [-0.15, -0.1) is 0 Å². The van der Waals surface area contributed by atoms with Gasteiger partial charge in [-0.1, -0.05) is 53.4 Å². The van der Waals surface area contributed by atoms with E-state index in [2.05, 4.69) is 46.3 Å². The fraction of sp³-hybridized carbons (Fsp3) is 0.375. The molecule has 1 unspecified atom stereocenters. The van der Waals surface area contributed by atoms with Gasteiger partial charge in [-0.05, 0) is 46.9 Å². The summed E-state index contributed by atoms with van der Waals surface area (Å²) in [6.45, 7) is 0. The fourth-order valence-corrected chi connectivity index (χ4v) is 3.00. The van der Waals surface area contributed by atoms with Crippen LogP contribution < -0.4 is 0 Å². The molecule has 2 heteroatoms. The van der Waals surface area contributed by atoms with Crippen LogP contribution in [0.5, 0.6) is 0 Å². The van der Waals surface area contributed by atoms with Gasteiger partial charge < -0.3 is 5.11 Å². The molecule has 2 aromatic rings. The van der Waals surface area contributed by atoms with Crippen molar-refractivity contribution < 1.29 is 5.11 Å². The monoisotopic (exact) mass is 304 g/mol. The minimum atomic E-state index is -0.302. The van der Waals surface area contributed by atoms with Crippen molar-refractivity contribution >= 4 is 26.7 Å². The van der Waals surface area contributed by atoms with E-state index < -0.39 is 0 Å². The zero-order valence-electron chi connectivity index (χ0n) is 10.3. The first-order valence-electron chi connectivity index (χ1n) is 6.59. The Morgan fingerprint density at radius 3 is 2.56 bits per heavy atom. The van der Waals surface area contributed by atoms with Crippen molar-refractivity contribution in [3.8, 4) is 0 Å². The van der Waals surface area contributed by atoms with E-state index in [1.807, 2.05) is 6.07 Å². The van der Waals surface area contributed by atoms with Crippen molar-refractivity contribution in [3.05, 3.63) is 46.4 Å². The molecule has 1 fully saturated rings. The second-order valence-corrected chi connectivity index (χ2v) is 6.22. The first-order valence-corrected chi connectivity index (χ1v) is 7.39. The molecule has 1 aliphatic rings. The third kappa shape index (κ3) is 2.45. The van der Waals surface area contributed by atoms with Crippen molar-refractivity contribution in [3.63, 3.8) is 0 Å². The number of halogens is 1. The summed E-state index contributed by atoms with van der Waals surface area (Å²) in [6.07, 6.45) is 4.53. The lowest BCUT2D eigenvalue weighted by Gasteiger charge is -2.27. The van der Waals surface area contributed by atoms with E-state index >= 15 is 0 Å². The number of aliphatic hydroxyl groups excluding tert-OH is 1. The molecule has 1 aliphatic carbocycles. The molecule has 3 rings (SSSR count). The molecule has 1 atom stereocenters. The van der Waals surface area contributed by atoms with E-state index in [-0.39, 0.29) is 6.10 Å². The first-order chi connectivity index (χ1) is 8.72. The Morgan fingerprint density at radius 1 is 1.11 bits per heavy atom. The minimum absolute atomic E-state index is 0.302. The number of fused-ring (bicyclic) bond motifs is 1. The van der Waals surface area contributed by atoms with Crippen molar-refractivity contribution in [1.29, 1.82) is 0 Å². The van der Waals surface area contributed by atoms with Crippen LogP contribution in [0.3, 0.4) is 0 Å². The number of benzene rings is 2. The molecule has 0 heterocycles. The van der Waals surface area contributed by atoms with Gasteiger partial charge in [0.1, 0.15) is 0 Å². The Bertz CT molecular complexity index is 560. The molecular weight excluding hydrogens is 288 g/mol. The van der Waals surface area contributed by atoms with Gasteiger partial charge in [0.15, 0.2) is 0 Å². The Balaban J connectivity index is 1.85. The van der Waals surface area contributed by atoms with Gasteiger partial charge in [-0.2, -0.15) is 0 Å². The van der Waals surface area contributed by atoms with Gasteiger partial charge in [0.05, 0.1) is 6.10 Å². The Kier molecular flexibility index (Phi) is 3.40. The second-order valence-electron chi connectivity index (χ2n) is 5.30. The molecule has 1 saturated carbocycles. The molecule has 0 aromatic heterocycles. The SMILES string of the molecule is OC(CC1CCC1)c1ccc2cc(Br)ccc2c1. The molecule has 0 amide bonds. The van der Waals surface area contributed by atoms with Gasteiger partial charge in [0, 0.05) is 4.47 Å². The Hall–Kier alpha value is -0.860. The number of hydrogen-bond acceptors (Lipinski definition) is 1. The summed E-state index contributed by atoms with van der Waals surface area (Å²) in [4.78, 5) is 0. The maximum Gasteiger partial charge on any atom is 0.0792 e. The van der Waals surface area contributed by atoms with Gasteiger partial charge in [0.25, 0.3) is 0 Å². The highest BCUT2D eigenvalue weighted by molar-refractivity contribution is 9.10. The third-order valence-electron chi connectivity index (χ3n) is 3.99. The highest BCUT2D eigenvalue weighted by Crippen LogP contribution is 2.35. The van der Waals surface area contributed by atoms with Gasteiger partial charge in [-0.3, -0.25) is 0 Å². The summed E-state index contributed by atoms with van der Waals surface area (Å²) in [5, 5.41) is 12.7. The van der Waals surface area contributed by atoms with E-state index in [1.165, 1.54) is 30.0 Å². The van der Waals surface area contributed by atoms with Crippen LogP contribution >= 0.6 is 15.9 Å². The molecule has 2 aromatic carbocycles. The summed E-state index contributed by atoms with van der Waals surface area (Å²) in [7, 11) is 0. The summed E-state index contributed by atoms with van der Waals surface area (Å²) in [6, 6.07) is 12.5. The lowest BCUT2D eigenvalue weighted by atomic mass is 9.80. The summed E-state index contributed by atoms with van der Waals surface area (Å²) in [5.41, 5.74) is 1.05. The maximum atomic E-state index is 10.3. The molecule has 94 valence electrons. The van der Waals surface area contributed by atoms with Crippen LogP contribution in [-0.4, -0.2) is 5.11 Å². The summed E-state index contributed by atoms with van der Waals surface area (Å²) < 4.78 is 1.10. The molecule has 0 aliphatic heterocycles. The van der Waals surface area contributed by atoms with Crippen LogP contribution in [0, 0.1) is 5.92 Å². The van der Waals surface area contributed by atoms with Crippen molar-refractivity contribution in [2.75, 3.05) is 0 Å². The van der Waals surface area contributed by atoms with Crippen LogP contribution in [-0.2, 0) is 0 Å². The first kappa shape index (κ1) is 12.2. The molecule has 0 saturated heterocycles. The largest absolute Gasteiger partial charge is 0.388 e. The van der Waals surface area contributed by atoms with E-state index in [0.29, 0.717) is 0 Å². The highest BCUT2D eigenvalue weighted by atomic mass is 79.9. The predicted molar refractivity (Wildman–Crippen MR) is 78.6 cm³/mol. The van der Waals surface area contributed by atoms with E-state index in [9.17, 15) is 5.11 Å². The lowest BCUT2D eigenvalue weighted by molar-refractivity contribution is 0.118. The van der Waals surface area contributed by atoms with Gasteiger partial charge in [0.2, 0.25) is 0 Å². The van der Waals surface area contributed by atoms with Crippen LogP contribution in [0.2, 0.25) is 0 Å². The fourth-order valence-electron chi connectivity index (χ4n) is 2.62. The molecule has 1 N–H and O–H groups in total. The standard InChI is InChI=1S/C16H17BrO/c17-15-7-6-12-9-14(5-4-13(12)10-15)16(18)8-11-2-1-3-11/h4-7,9-11,16,18H,1-3,8H2. The molecule has 1 nitrogen and oxygen atoms in total. The van der Waals surface area contributed by atoms with Crippen molar-refractivity contribution in [2.24, 2.45) is 5.92 Å². The van der Waals surface area contributed by atoms with E-state index in [1.54, 1.807) is 0 Å². The number of hydrogen-bond donors (Lipinski definition) is 1. The predicted octanol–water partition coefficient (Wildman–Crippen LogP) is 4.83. The molecule has 0 bridgehead atoms. The van der Waals surface area contributed by atoms with Crippen LogP contribution in [0.15, 0.2) is 40.9 Å². The Labute approximate surface area is 116 Å². The minimum Gasteiger partial charge on any atom is -0.388 e. The van der Waals surface area contributed by atoms with Gasteiger partial charge >= 0.3 is 0 Å². The molecule has 18 heavy (non-hydrogen) atoms. The molecule has 0 radical (unpaired) electrons. The molecular formula is C16H17BrO. The van der Waals surface area contributed by atoms with Gasteiger partial charge in [-0.25, -0.2) is 0 Å². The highest BCUT2D eigenvalue weighted by Gasteiger charge is 2.21. The van der Waals surface area contributed by atoms with Crippen LogP contribution in [0.1, 0.15) is 37.4 Å². The lowest BCUT2D eigenvalue weighted by Crippen LogP contribution is -2.14. The summed E-state index contributed by atoms with van der Waals surface area (Å²) >= 11 is 3.48. The average molecular weight is 305 g/mol. The summed E-state index contributed by atoms with van der Waals surface area (Å²) in [5.74, 6) is 0.737. The number of rotatable bonds is 3. The topological polar surface area (TPSA) is 20.2 Å². The zero-order chi connectivity index (χ0) is 12.5. The van der Waals surface area contributed by atoms with E-state index in [4.69, 9.17) is 0 Å². The van der Waals surface area contributed by atoms with Crippen molar-refractivity contribution in [1.82, 2.24) is 0 Å². The number of aliphatic hydroxyl groups is 1. The molecule has 0 spiro atoms. The third-order valence-corrected chi connectivity index (χ3v) is 4.49. The smallest absolute Gasteiger partial charge is 0.0792 e. The second kappa shape index (κ2) is 5.02. The average Bonchev–Trinajstić information content (AvgIpc) is 2.33. The quantitative estimate of drug-likeness (QED) is 0.861. The maximum absolute atomic E-state index is 10.3. The normalized spacial score (nSPS) is 17.7. The van der Waals surface area contributed by atoms with Crippen LogP contribution in [0.4, 0.5) is 0 Å². The Morgan fingerprint density at radius 2 is 1.83 bits per heavy atom. The van der Waals surface area contributed by atoms with Crippen LogP contribution in [0.25, 0.3) is 10.8 Å². The van der Waals surface area contributed by atoms with E-state index in [0.717, 1.165) is 22.4 Å². The van der Waals surface area contributed by atoms with Crippen molar-refractivity contribution in [2.45, 2.75) is 31.8 Å².